The molecule has 1 N–H and O–H groups in total. The van der Waals surface area contributed by atoms with Gasteiger partial charge in [0.25, 0.3) is 0 Å². The fourth-order valence-corrected chi connectivity index (χ4v) is 2.73. The van der Waals surface area contributed by atoms with Crippen LogP contribution in [-0.4, -0.2) is 9.91 Å². The molecule has 0 saturated heterocycles. The van der Waals surface area contributed by atoms with E-state index in [2.05, 4.69) is 26.2 Å². The van der Waals surface area contributed by atoms with Crippen LogP contribution in [-0.2, 0) is 6.54 Å². The Kier molecular flexibility index (Phi) is 3.70. The second kappa shape index (κ2) is 5.24. The van der Waals surface area contributed by atoms with Crippen LogP contribution in [0, 0.1) is 10.1 Å². The minimum atomic E-state index is -0.446. The molecule has 2 heterocycles. The summed E-state index contributed by atoms with van der Waals surface area (Å²) in [6.45, 7) is 0.510. The van der Waals surface area contributed by atoms with Gasteiger partial charge in [-0.25, -0.2) is 4.98 Å². The van der Waals surface area contributed by atoms with Crippen molar-refractivity contribution in [2.45, 2.75) is 6.54 Å². The van der Waals surface area contributed by atoms with Crippen molar-refractivity contribution in [2.24, 2.45) is 0 Å². The number of nitrogens with zero attached hydrogens (tertiary/aromatic N) is 2. The third-order valence-electron chi connectivity index (χ3n) is 2.09. The van der Waals surface area contributed by atoms with E-state index in [1.807, 2.05) is 11.4 Å². The predicted octanol–water partition coefficient (Wildman–Crippen LogP) is 3.43. The summed E-state index contributed by atoms with van der Waals surface area (Å²) in [6, 6.07) is 4.91. The Bertz CT molecular complexity index is 544. The van der Waals surface area contributed by atoms with Gasteiger partial charge >= 0.3 is 5.69 Å². The van der Waals surface area contributed by atoms with Crippen LogP contribution in [0.15, 0.2) is 34.2 Å². The Morgan fingerprint density at radius 3 is 3.00 bits per heavy atom. The molecular weight excluding hydrogens is 306 g/mol. The van der Waals surface area contributed by atoms with Gasteiger partial charge in [0.05, 0.1) is 11.5 Å². The Morgan fingerprint density at radius 1 is 1.53 bits per heavy atom. The SMILES string of the molecule is O=[N+]([O-])c1cccnc1NCc1sccc1Br. The second-order valence-electron chi connectivity index (χ2n) is 3.17. The van der Waals surface area contributed by atoms with Crippen LogP contribution in [0.2, 0.25) is 0 Å². The molecular formula is C10H8BrN3O2S. The van der Waals surface area contributed by atoms with Crippen LogP contribution >= 0.6 is 27.3 Å². The maximum atomic E-state index is 10.8. The van der Waals surface area contributed by atoms with Crippen LogP contribution in [0.25, 0.3) is 0 Å². The molecule has 2 rings (SSSR count). The van der Waals surface area contributed by atoms with Crippen LogP contribution < -0.4 is 5.32 Å². The lowest BCUT2D eigenvalue weighted by Gasteiger charge is -2.04. The Hall–Kier alpha value is -1.47. The molecule has 5 nitrogen and oxygen atoms in total. The van der Waals surface area contributed by atoms with E-state index in [0.29, 0.717) is 6.54 Å². The number of pyridine rings is 1. The van der Waals surface area contributed by atoms with Crippen LogP contribution in [0.3, 0.4) is 0 Å². The molecule has 0 aromatic carbocycles. The number of nitro groups is 1. The normalized spacial score (nSPS) is 10.2. The van der Waals surface area contributed by atoms with Crippen molar-refractivity contribution >= 4 is 38.8 Å². The lowest BCUT2D eigenvalue weighted by Crippen LogP contribution is -2.03. The highest BCUT2D eigenvalue weighted by molar-refractivity contribution is 9.10. The number of thiophene rings is 1. The molecule has 88 valence electrons. The molecule has 0 fully saturated rings. The molecule has 2 aromatic heterocycles. The van der Waals surface area contributed by atoms with Gasteiger partial charge in [-0.3, -0.25) is 10.1 Å². The first kappa shape index (κ1) is 12.0. The summed E-state index contributed by atoms with van der Waals surface area (Å²) >= 11 is 4.98. The van der Waals surface area contributed by atoms with Gasteiger partial charge in [-0.05, 0) is 33.4 Å². The monoisotopic (exact) mass is 313 g/mol. The average molecular weight is 314 g/mol. The first-order chi connectivity index (χ1) is 8.18. The van der Waals surface area contributed by atoms with Gasteiger partial charge in [0.2, 0.25) is 5.82 Å². The van der Waals surface area contributed by atoms with Crippen molar-refractivity contribution in [3.63, 3.8) is 0 Å². The van der Waals surface area contributed by atoms with E-state index in [-0.39, 0.29) is 11.5 Å². The Morgan fingerprint density at radius 2 is 2.35 bits per heavy atom. The zero-order valence-electron chi connectivity index (χ0n) is 8.59. The lowest BCUT2D eigenvalue weighted by atomic mass is 10.4. The van der Waals surface area contributed by atoms with Gasteiger partial charge in [-0.1, -0.05) is 0 Å². The third-order valence-corrected chi connectivity index (χ3v) is 4.02. The van der Waals surface area contributed by atoms with Gasteiger partial charge in [-0.15, -0.1) is 11.3 Å². The second-order valence-corrected chi connectivity index (χ2v) is 5.03. The smallest absolute Gasteiger partial charge is 0.311 e. The number of halogens is 1. The van der Waals surface area contributed by atoms with Gasteiger partial charge in [0, 0.05) is 21.6 Å². The van der Waals surface area contributed by atoms with Gasteiger partial charge in [-0.2, -0.15) is 0 Å². The van der Waals surface area contributed by atoms with Crippen LogP contribution in [0.4, 0.5) is 11.5 Å². The molecule has 0 unspecified atom stereocenters. The number of rotatable bonds is 4. The van der Waals surface area contributed by atoms with Gasteiger partial charge in [0.1, 0.15) is 0 Å². The van der Waals surface area contributed by atoms with E-state index in [1.54, 1.807) is 17.4 Å². The molecule has 7 heteroatoms. The Balaban J connectivity index is 2.14. The zero-order valence-corrected chi connectivity index (χ0v) is 11.0. The largest absolute Gasteiger partial charge is 0.359 e. The fourth-order valence-electron chi connectivity index (χ4n) is 1.30. The summed E-state index contributed by atoms with van der Waals surface area (Å²) < 4.78 is 0.994. The van der Waals surface area contributed by atoms with E-state index >= 15 is 0 Å². The first-order valence-corrected chi connectivity index (χ1v) is 6.41. The number of hydrogen-bond donors (Lipinski definition) is 1. The topological polar surface area (TPSA) is 68.1 Å². The summed E-state index contributed by atoms with van der Waals surface area (Å²) in [4.78, 5) is 15.4. The summed E-state index contributed by atoms with van der Waals surface area (Å²) in [5.74, 6) is 0.290. The van der Waals surface area contributed by atoms with Gasteiger partial charge in [0.15, 0.2) is 0 Å². The zero-order chi connectivity index (χ0) is 12.3. The number of anilines is 1. The van der Waals surface area contributed by atoms with E-state index in [1.165, 1.54) is 12.3 Å². The Labute approximate surface area is 110 Å². The highest BCUT2D eigenvalue weighted by atomic mass is 79.9. The number of hydrogen-bond acceptors (Lipinski definition) is 5. The summed E-state index contributed by atoms with van der Waals surface area (Å²) in [5, 5.41) is 15.7. The molecule has 0 radical (unpaired) electrons. The number of nitrogens with one attached hydrogen (secondary N) is 1. The minimum absolute atomic E-state index is 0.0137. The summed E-state index contributed by atoms with van der Waals surface area (Å²) in [6.07, 6.45) is 1.53. The molecule has 0 saturated carbocycles. The van der Waals surface area contributed by atoms with Crippen molar-refractivity contribution in [3.8, 4) is 0 Å². The van der Waals surface area contributed by atoms with Crippen molar-refractivity contribution in [1.82, 2.24) is 4.98 Å². The molecule has 0 bridgehead atoms. The standard InChI is InChI=1S/C10H8BrN3O2S/c11-7-3-5-17-9(7)6-13-10-8(14(15)16)2-1-4-12-10/h1-5H,6H2,(H,12,13). The van der Waals surface area contributed by atoms with E-state index in [4.69, 9.17) is 0 Å². The first-order valence-electron chi connectivity index (χ1n) is 4.73. The van der Waals surface area contributed by atoms with Crippen LogP contribution in [0.1, 0.15) is 4.88 Å². The molecule has 0 aliphatic heterocycles. The molecule has 17 heavy (non-hydrogen) atoms. The fraction of sp³-hybridized carbons (Fsp3) is 0.100. The lowest BCUT2D eigenvalue weighted by molar-refractivity contribution is -0.384. The average Bonchev–Trinajstić information content (AvgIpc) is 2.72. The summed E-state index contributed by atoms with van der Waals surface area (Å²) in [7, 11) is 0. The predicted molar refractivity (Wildman–Crippen MR) is 70.2 cm³/mol. The number of aromatic nitrogens is 1. The van der Waals surface area contributed by atoms with Crippen molar-refractivity contribution in [1.29, 1.82) is 0 Å². The molecule has 0 atom stereocenters. The molecule has 0 amide bonds. The van der Waals surface area contributed by atoms with Crippen molar-refractivity contribution < 1.29 is 4.92 Å². The summed E-state index contributed by atoms with van der Waals surface area (Å²) in [5.41, 5.74) is -0.0137. The molecule has 0 aliphatic rings. The van der Waals surface area contributed by atoms with Crippen molar-refractivity contribution in [2.75, 3.05) is 5.32 Å². The maximum Gasteiger partial charge on any atom is 0.311 e. The molecule has 2 aromatic rings. The molecule has 0 spiro atoms. The maximum absolute atomic E-state index is 10.8. The highest BCUT2D eigenvalue weighted by Crippen LogP contribution is 2.25. The quantitative estimate of drug-likeness (QED) is 0.693. The van der Waals surface area contributed by atoms with Crippen LogP contribution in [0.5, 0.6) is 0 Å². The minimum Gasteiger partial charge on any atom is -0.359 e. The van der Waals surface area contributed by atoms with E-state index in [9.17, 15) is 10.1 Å². The van der Waals surface area contributed by atoms with E-state index in [0.717, 1.165) is 9.35 Å². The highest BCUT2D eigenvalue weighted by Gasteiger charge is 2.13. The van der Waals surface area contributed by atoms with Crippen molar-refractivity contribution in [3.05, 3.63) is 49.2 Å². The van der Waals surface area contributed by atoms with E-state index < -0.39 is 4.92 Å². The van der Waals surface area contributed by atoms with Gasteiger partial charge < -0.3 is 5.32 Å². The third kappa shape index (κ3) is 2.80. The molecule has 0 aliphatic carbocycles.